The molecule has 10 heteroatoms. The lowest BCUT2D eigenvalue weighted by Gasteiger charge is -2.26. The molecule has 0 saturated carbocycles. The number of nitrogens with zero attached hydrogens (tertiary/aromatic N) is 3. The van der Waals surface area contributed by atoms with Gasteiger partial charge in [0.05, 0.1) is 6.61 Å². The van der Waals surface area contributed by atoms with Gasteiger partial charge in [0.2, 0.25) is 0 Å². The Morgan fingerprint density at radius 3 is 2.12 bits per heavy atom. The van der Waals surface area contributed by atoms with Gasteiger partial charge in [0, 0.05) is 56.8 Å². The zero-order valence-electron chi connectivity index (χ0n) is 26.6. The van der Waals surface area contributed by atoms with Crippen molar-refractivity contribution in [2.45, 2.75) is 106 Å². The van der Waals surface area contributed by atoms with Crippen LogP contribution in [0.15, 0.2) is 56.5 Å². The molecule has 238 valence electrons. The summed E-state index contributed by atoms with van der Waals surface area (Å²) in [7, 11) is 1.73. The number of hydrogen-bond acceptors (Lipinski definition) is 7. The molecule has 1 saturated heterocycles. The maximum absolute atomic E-state index is 12.7. The second kappa shape index (κ2) is 23.8. The summed E-state index contributed by atoms with van der Waals surface area (Å²) in [6, 6.07) is 0. The number of rotatable bonds is 12. The van der Waals surface area contributed by atoms with Crippen LogP contribution in [0.5, 0.6) is 0 Å². The number of likely N-dealkylation sites (tertiary alicyclic amines) is 1. The van der Waals surface area contributed by atoms with Crippen LogP contribution < -0.4 is 0 Å². The Hall–Kier alpha value is -1.72. The van der Waals surface area contributed by atoms with Crippen molar-refractivity contribution in [2.24, 2.45) is 9.39 Å². The Labute approximate surface area is 251 Å². The summed E-state index contributed by atoms with van der Waals surface area (Å²) in [4.78, 5) is 6.68. The first kappa shape index (κ1) is 41.4. The Balaban J connectivity index is 0. The van der Waals surface area contributed by atoms with Crippen molar-refractivity contribution < 1.29 is 28.1 Å². The molecular weight excluding hydrogens is 551 g/mol. The molecule has 1 heterocycles. The monoisotopic (exact) mass is 605 g/mol. The van der Waals surface area contributed by atoms with Gasteiger partial charge >= 0.3 is 6.18 Å². The fourth-order valence-corrected chi connectivity index (χ4v) is 4.13. The van der Waals surface area contributed by atoms with E-state index in [0.717, 1.165) is 43.5 Å². The number of alkyl halides is 3. The van der Waals surface area contributed by atoms with Gasteiger partial charge in [0.15, 0.2) is 6.29 Å². The summed E-state index contributed by atoms with van der Waals surface area (Å²) in [5.41, 5.74) is 0.908. The first-order valence-electron chi connectivity index (χ1n) is 14.6. The van der Waals surface area contributed by atoms with Gasteiger partial charge in [-0.25, -0.2) is 4.40 Å². The third-order valence-corrected chi connectivity index (χ3v) is 6.74. The van der Waals surface area contributed by atoms with E-state index in [-0.39, 0.29) is 6.42 Å². The minimum absolute atomic E-state index is 0.143. The highest BCUT2D eigenvalue weighted by Gasteiger charge is 2.31. The Kier molecular flexibility index (Phi) is 24.0. The molecule has 6 nitrogen and oxygen atoms in total. The first-order valence-corrected chi connectivity index (χ1v) is 15.3. The van der Waals surface area contributed by atoms with Crippen LogP contribution >= 0.6 is 11.9 Å². The van der Waals surface area contributed by atoms with Crippen LogP contribution in [0.4, 0.5) is 13.2 Å². The van der Waals surface area contributed by atoms with E-state index in [4.69, 9.17) is 4.74 Å². The molecule has 0 atom stereocenters. The largest absolute Gasteiger partial charge is 0.412 e. The van der Waals surface area contributed by atoms with Crippen LogP contribution in [0.2, 0.25) is 0 Å². The number of ether oxygens (including phenoxy) is 1. The number of aliphatic hydroxyl groups is 2. The zero-order chi connectivity index (χ0) is 31.9. The van der Waals surface area contributed by atoms with E-state index < -0.39 is 23.6 Å². The number of hydrogen-bond donors (Lipinski definition) is 2. The van der Waals surface area contributed by atoms with Gasteiger partial charge in [-0.3, -0.25) is 9.89 Å². The van der Waals surface area contributed by atoms with E-state index in [2.05, 4.69) is 27.3 Å². The average Bonchev–Trinajstić information content (AvgIpc) is 3.12. The molecule has 0 spiro atoms. The predicted molar refractivity (Wildman–Crippen MR) is 171 cm³/mol. The highest BCUT2D eigenvalue weighted by molar-refractivity contribution is 8.13. The molecule has 0 aromatic heterocycles. The topological polar surface area (TPSA) is 77.7 Å². The molecule has 2 N–H and O–H groups in total. The van der Waals surface area contributed by atoms with Crippen molar-refractivity contribution >= 4 is 23.2 Å². The van der Waals surface area contributed by atoms with Gasteiger partial charge in [-0.1, -0.05) is 65.0 Å². The molecule has 0 radical (unpaired) electrons. The number of aliphatic imine (C=N–C) groups is 1. The highest BCUT2D eigenvalue weighted by Crippen LogP contribution is 2.28. The number of aliphatic hydroxyl groups excluding tert-OH is 1. The smallest absolute Gasteiger partial charge is 0.366 e. The van der Waals surface area contributed by atoms with Crippen LogP contribution in [-0.4, -0.2) is 77.7 Å². The molecular formula is C31H54F3N3O3S. The van der Waals surface area contributed by atoms with Crippen LogP contribution in [0.1, 0.15) is 87.5 Å². The molecule has 0 amide bonds. The maximum Gasteiger partial charge on any atom is 0.412 e. The van der Waals surface area contributed by atoms with Gasteiger partial charge in [-0.15, -0.1) is 0 Å². The molecule has 1 aliphatic rings. The number of allylic oxidation sites excluding steroid dienone is 5. The average molecular weight is 606 g/mol. The van der Waals surface area contributed by atoms with Crippen molar-refractivity contribution in [2.75, 3.05) is 33.3 Å². The lowest BCUT2D eigenvalue weighted by molar-refractivity contribution is -0.187. The molecule has 1 aliphatic heterocycles. The quantitative estimate of drug-likeness (QED) is 0.0773. The normalized spacial score (nSPS) is 18.1. The van der Waals surface area contributed by atoms with Crippen molar-refractivity contribution in [1.82, 2.24) is 4.90 Å². The van der Waals surface area contributed by atoms with Crippen molar-refractivity contribution in [3.8, 4) is 0 Å². The molecule has 0 unspecified atom stereocenters. The summed E-state index contributed by atoms with van der Waals surface area (Å²) in [6.07, 6.45) is 7.36. The molecule has 1 rings (SSSR count). The zero-order valence-corrected chi connectivity index (χ0v) is 27.4. The summed E-state index contributed by atoms with van der Waals surface area (Å²) >= 11 is 1.28. The molecule has 0 bridgehead atoms. The van der Waals surface area contributed by atoms with Crippen molar-refractivity contribution in [1.29, 1.82) is 0 Å². The van der Waals surface area contributed by atoms with Crippen LogP contribution in [0.25, 0.3) is 0 Å². The second-order valence-electron chi connectivity index (χ2n) is 9.15. The molecule has 1 fully saturated rings. The molecule has 0 aliphatic carbocycles. The van der Waals surface area contributed by atoms with Gasteiger partial charge < -0.3 is 14.9 Å². The Morgan fingerprint density at radius 2 is 1.63 bits per heavy atom. The lowest BCUT2D eigenvalue weighted by Crippen LogP contribution is -2.38. The van der Waals surface area contributed by atoms with Crippen molar-refractivity contribution in [3.63, 3.8) is 0 Å². The SMILES string of the molecule is C/C=C(\C/C=C\C/C=N/SC(CN1CCC(=C/CC)/C(=C\COC(C)(C)C(O)O)CC1)=NC)C(F)(F)F.CC.CC. The minimum Gasteiger partial charge on any atom is -0.366 e. The summed E-state index contributed by atoms with van der Waals surface area (Å²) in [5, 5.41) is 19.7. The van der Waals surface area contributed by atoms with E-state index in [1.165, 1.54) is 36.1 Å². The summed E-state index contributed by atoms with van der Waals surface area (Å²) in [6.45, 7) is 17.5. The van der Waals surface area contributed by atoms with Crippen molar-refractivity contribution in [3.05, 3.63) is 47.1 Å². The van der Waals surface area contributed by atoms with E-state index in [0.29, 0.717) is 19.6 Å². The van der Waals surface area contributed by atoms with Gasteiger partial charge in [0.1, 0.15) is 10.6 Å². The van der Waals surface area contributed by atoms with Gasteiger partial charge in [0.25, 0.3) is 0 Å². The molecule has 41 heavy (non-hydrogen) atoms. The van der Waals surface area contributed by atoms with Crippen LogP contribution in [-0.2, 0) is 4.74 Å². The van der Waals surface area contributed by atoms with Crippen LogP contribution in [0.3, 0.4) is 0 Å². The Morgan fingerprint density at radius 1 is 1.05 bits per heavy atom. The standard InChI is InChI=1S/C27H42F3N3O3S.2C2H6/c1-6-11-21-13-17-33(18-14-22(21)15-19-36-26(3,4)25(34)35)20-24(31-5)37-32-16-10-8-9-12-23(7-2)27(28,29)30;2*1-2/h7-9,11,15-16,25,34-35H,6,10,12-14,17-20H2,1-5H3;2*1-2H3/b9-8-,21-11-,22-15-,23-7+,31-24?,32-16+;;. The maximum atomic E-state index is 12.7. The third kappa shape index (κ3) is 18.4. The minimum atomic E-state index is -4.29. The third-order valence-electron chi connectivity index (χ3n) is 5.96. The van der Waals surface area contributed by atoms with Gasteiger partial charge in [-0.05, 0) is 57.6 Å². The predicted octanol–water partition coefficient (Wildman–Crippen LogP) is 8.10. The van der Waals surface area contributed by atoms with E-state index in [1.807, 2.05) is 33.8 Å². The summed E-state index contributed by atoms with van der Waals surface area (Å²) < 4.78 is 48.2. The summed E-state index contributed by atoms with van der Waals surface area (Å²) in [5.74, 6) is 0. The first-order chi connectivity index (χ1) is 19.4. The van der Waals surface area contributed by atoms with Crippen LogP contribution in [0, 0.1) is 0 Å². The van der Waals surface area contributed by atoms with E-state index in [1.54, 1.807) is 33.2 Å². The Bertz CT molecular complexity index is 878. The number of halogens is 3. The molecule has 0 aromatic rings. The fraction of sp³-hybridized carbons (Fsp3) is 0.677. The second-order valence-corrected chi connectivity index (χ2v) is 10.0. The lowest BCUT2D eigenvalue weighted by atomic mass is 10.00. The fourth-order valence-electron chi connectivity index (χ4n) is 3.53. The molecule has 0 aromatic carbocycles. The van der Waals surface area contributed by atoms with E-state index >= 15 is 0 Å². The highest BCUT2D eigenvalue weighted by atomic mass is 32.2. The van der Waals surface area contributed by atoms with Gasteiger partial charge in [-0.2, -0.15) is 13.2 Å². The van der Waals surface area contributed by atoms with E-state index in [9.17, 15) is 23.4 Å².